The SMILES string of the molecule is Cc1nc(-c2cccnc2F)sc1N. The van der Waals surface area contributed by atoms with Gasteiger partial charge in [-0.05, 0) is 19.1 Å². The molecule has 0 radical (unpaired) electrons. The highest BCUT2D eigenvalue weighted by Gasteiger charge is 2.11. The predicted molar refractivity (Wildman–Crippen MR) is 54.5 cm³/mol. The van der Waals surface area contributed by atoms with Gasteiger partial charge in [-0.2, -0.15) is 4.39 Å². The highest BCUT2D eigenvalue weighted by molar-refractivity contribution is 7.18. The fraction of sp³-hybridized carbons (Fsp3) is 0.111. The summed E-state index contributed by atoms with van der Waals surface area (Å²) in [4.78, 5) is 7.71. The molecule has 0 unspecified atom stereocenters. The Labute approximate surface area is 84.4 Å². The third-order valence-corrected chi connectivity index (χ3v) is 2.84. The molecule has 3 nitrogen and oxygen atoms in total. The fourth-order valence-corrected chi connectivity index (χ4v) is 1.92. The van der Waals surface area contributed by atoms with Gasteiger partial charge in [0.2, 0.25) is 5.95 Å². The first kappa shape index (κ1) is 9.08. The van der Waals surface area contributed by atoms with Crippen LogP contribution in [0.15, 0.2) is 18.3 Å². The summed E-state index contributed by atoms with van der Waals surface area (Å²) >= 11 is 1.27. The van der Waals surface area contributed by atoms with Gasteiger partial charge >= 0.3 is 0 Å². The van der Waals surface area contributed by atoms with Crippen molar-refractivity contribution in [2.24, 2.45) is 0 Å². The molecule has 5 heteroatoms. The number of nitrogen functional groups attached to an aromatic ring is 1. The maximum atomic E-state index is 13.2. The van der Waals surface area contributed by atoms with Crippen molar-refractivity contribution in [3.8, 4) is 10.6 Å². The van der Waals surface area contributed by atoms with Gasteiger partial charge in [-0.15, -0.1) is 0 Å². The zero-order valence-electron chi connectivity index (χ0n) is 7.49. The fourth-order valence-electron chi connectivity index (χ4n) is 1.07. The third kappa shape index (κ3) is 1.46. The molecule has 0 saturated carbocycles. The van der Waals surface area contributed by atoms with E-state index in [2.05, 4.69) is 9.97 Å². The summed E-state index contributed by atoms with van der Waals surface area (Å²) in [5, 5.41) is 1.19. The molecule has 0 spiro atoms. The van der Waals surface area contributed by atoms with Gasteiger partial charge in [0.1, 0.15) is 10.0 Å². The molecule has 72 valence electrons. The molecule has 0 saturated heterocycles. The zero-order chi connectivity index (χ0) is 10.1. The van der Waals surface area contributed by atoms with E-state index in [0.717, 1.165) is 5.69 Å². The number of hydrogen-bond acceptors (Lipinski definition) is 4. The lowest BCUT2D eigenvalue weighted by atomic mass is 10.3. The largest absolute Gasteiger partial charge is 0.389 e. The molecule has 0 fully saturated rings. The number of aromatic nitrogens is 2. The van der Waals surface area contributed by atoms with Crippen LogP contribution in [-0.4, -0.2) is 9.97 Å². The minimum Gasteiger partial charge on any atom is -0.389 e. The Hall–Kier alpha value is -1.49. The van der Waals surface area contributed by atoms with E-state index in [1.807, 2.05) is 0 Å². The van der Waals surface area contributed by atoms with Crippen LogP contribution in [0.5, 0.6) is 0 Å². The van der Waals surface area contributed by atoms with Crippen LogP contribution in [0, 0.1) is 12.9 Å². The summed E-state index contributed by atoms with van der Waals surface area (Å²) in [6.45, 7) is 1.80. The normalized spacial score (nSPS) is 10.4. The van der Waals surface area contributed by atoms with Gasteiger partial charge in [0, 0.05) is 6.20 Å². The van der Waals surface area contributed by atoms with E-state index in [-0.39, 0.29) is 0 Å². The Morgan fingerprint density at radius 1 is 1.50 bits per heavy atom. The van der Waals surface area contributed by atoms with Gasteiger partial charge in [0.25, 0.3) is 0 Å². The Bertz CT molecular complexity index is 447. The van der Waals surface area contributed by atoms with Crippen molar-refractivity contribution >= 4 is 16.3 Å². The van der Waals surface area contributed by atoms with Crippen LogP contribution in [0.1, 0.15) is 5.69 Å². The van der Waals surface area contributed by atoms with Crippen molar-refractivity contribution in [3.63, 3.8) is 0 Å². The number of rotatable bonds is 1. The van der Waals surface area contributed by atoms with E-state index in [4.69, 9.17) is 5.73 Å². The molecule has 14 heavy (non-hydrogen) atoms. The molecule has 2 rings (SSSR count). The Morgan fingerprint density at radius 3 is 2.86 bits per heavy atom. The number of thiazole rings is 1. The van der Waals surface area contributed by atoms with E-state index in [1.165, 1.54) is 17.5 Å². The number of aryl methyl sites for hydroxylation is 1. The van der Waals surface area contributed by atoms with Crippen molar-refractivity contribution in [3.05, 3.63) is 30.0 Å². The van der Waals surface area contributed by atoms with Gasteiger partial charge in [0.15, 0.2) is 0 Å². The number of hydrogen-bond donors (Lipinski definition) is 1. The van der Waals surface area contributed by atoms with Gasteiger partial charge in [0.05, 0.1) is 11.3 Å². The molecule has 2 aromatic rings. The summed E-state index contributed by atoms with van der Waals surface area (Å²) in [5.74, 6) is -0.513. The Balaban J connectivity index is 2.55. The molecule has 0 aliphatic carbocycles. The number of nitrogens with zero attached hydrogens (tertiary/aromatic N) is 2. The number of nitrogens with two attached hydrogens (primary N) is 1. The van der Waals surface area contributed by atoms with E-state index in [0.29, 0.717) is 15.6 Å². The van der Waals surface area contributed by atoms with Gasteiger partial charge in [-0.3, -0.25) is 0 Å². The monoisotopic (exact) mass is 209 g/mol. The van der Waals surface area contributed by atoms with Crippen LogP contribution in [0.4, 0.5) is 9.39 Å². The highest BCUT2D eigenvalue weighted by atomic mass is 32.1. The number of halogens is 1. The standard InChI is InChI=1S/C9H8FN3S/c1-5-8(11)14-9(13-5)6-3-2-4-12-7(6)10/h2-4H,11H2,1H3. The lowest BCUT2D eigenvalue weighted by Crippen LogP contribution is -1.86. The predicted octanol–water partition coefficient (Wildman–Crippen LogP) is 2.23. The quantitative estimate of drug-likeness (QED) is 0.733. The maximum absolute atomic E-state index is 13.2. The summed E-state index contributed by atoms with van der Waals surface area (Å²) in [6, 6.07) is 3.31. The molecule has 0 bridgehead atoms. The Morgan fingerprint density at radius 2 is 2.29 bits per heavy atom. The molecule has 0 aliphatic heterocycles. The smallest absolute Gasteiger partial charge is 0.223 e. The van der Waals surface area contributed by atoms with Crippen molar-refractivity contribution in [1.82, 2.24) is 9.97 Å². The van der Waals surface area contributed by atoms with E-state index in [9.17, 15) is 4.39 Å². The van der Waals surface area contributed by atoms with Gasteiger partial charge in [-0.25, -0.2) is 9.97 Å². The molecule has 0 aromatic carbocycles. The topological polar surface area (TPSA) is 51.8 Å². The molecular formula is C9H8FN3S. The van der Waals surface area contributed by atoms with Crippen molar-refractivity contribution < 1.29 is 4.39 Å². The minimum atomic E-state index is -0.513. The molecule has 2 aromatic heterocycles. The van der Waals surface area contributed by atoms with Crippen LogP contribution in [0.3, 0.4) is 0 Å². The molecular weight excluding hydrogens is 201 g/mol. The van der Waals surface area contributed by atoms with Crippen LogP contribution in [-0.2, 0) is 0 Å². The van der Waals surface area contributed by atoms with Gasteiger partial charge in [-0.1, -0.05) is 11.3 Å². The highest BCUT2D eigenvalue weighted by Crippen LogP contribution is 2.30. The van der Waals surface area contributed by atoms with Crippen molar-refractivity contribution in [1.29, 1.82) is 0 Å². The molecule has 2 heterocycles. The summed E-state index contributed by atoms with van der Waals surface area (Å²) in [5.41, 5.74) is 6.77. The summed E-state index contributed by atoms with van der Waals surface area (Å²) in [6.07, 6.45) is 1.41. The lowest BCUT2D eigenvalue weighted by Gasteiger charge is -1.95. The second-order valence-corrected chi connectivity index (χ2v) is 3.84. The maximum Gasteiger partial charge on any atom is 0.223 e. The summed E-state index contributed by atoms with van der Waals surface area (Å²) in [7, 11) is 0. The van der Waals surface area contributed by atoms with E-state index < -0.39 is 5.95 Å². The van der Waals surface area contributed by atoms with Crippen LogP contribution in [0.2, 0.25) is 0 Å². The first-order chi connectivity index (χ1) is 6.68. The van der Waals surface area contributed by atoms with E-state index >= 15 is 0 Å². The zero-order valence-corrected chi connectivity index (χ0v) is 8.31. The van der Waals surface area contributed by atoms with Gasteiger partial charge < -0.3 is 5.73 Å². The number of pyridine rings is 1. The first-order valence-corrected chi connectivity index (χ1v) is 4.84. The lowest BCUT2D eigenvalue weighted by molar-refractivity contribution is 0.587. The van der Waals surface area contributed by atoms with Crippen LogP contribution in [0.25, 0.3) is 10.6 Å². The van der Waals surface area contributed by atoms with Crippen molar-refractivity contribution in [2.45, 2.75) is 6.92 Å². The summed E-state index contributed by atoms with van der Waals surface area (Å²) < 4.78 is 13.2. The second-order valence-electron chi connectivity index (χ2n) is 2.81. The molecule has 0 atom stereocenters. The average molecular weight is 209 g/mol. The molecule has 2 N–H and O–H groups in total. The second kappa shape index (κ2) is 3.34. The number of anilines is 1. The van der Waals surface area contributed by atoms with Crippen LogP contribution >= 0.6 is 11.3 Å². The molecule has 0 aliphatic rings. The first-order valence-electron chi connectivity index (χ1n) is 4.02. The van der Waals surface area contributed by atoms with Crippen molar-refractivity contribution in [2.75, 3.05) is 5.73 Å². The minimum absolute atomic E-state index is 0.400. The molecule has 0 amide bonds. The third-order valence-electron chi connectivity index (χ3n) is 1.82. The van der Waals surface area contributed by atoms with Crippen LogP contribution < -0.4 is 5.73 Å². The average Bonchev–Trinajstić information content (AvgIpc) is 2.48. The Kier molecular flexibility index (Phi) is 2.17. The van der Waals surface area contributed by atoms with E-state index in [1.54, 1.807) is 19.1 Å².